The van der Waals surface area contributed by atoms with Gasteiger partial charge >= 0.3 is 0 Å². The molecule has 6 nitrogen and oxygen atoms in total. The first-order chi connectivity index (χ1) is 12.3. The molecule has 0 radical (unpaired) electrons. The summed E-state index contributed by atoms with van der Waals surface area (Å²) in [4.78, 5) is 21.7. The van der Waals surface area contributed by atoms with Crippen molar-refractivity contribution in [2.24, 2.45) is 0 Å². The van der Waals surface area contributed by atoms with Crippen LogP contribution >= 0.6 is 0 Å². The molecule has 0 spiro atoms. The van der Waals surface area contributed by atoms with Crippen LogP contribution in [0, 0.1) is 0 Å². The lowest BCUT2D eigenvalue weighted by atomic mass is 10.1. The van der Waals surface area contributed by atoms with Crippen LogP contribution in [0.3, 0.4) is 0 Å². The molecule has 1 aliphatic heterocycles. The van der Waals surface area contributed by atoms with Crippen molar-refractivity contribution in [1.82, 2.24) is 20.1 Å². The third kappa shape index (κ3) is 3.33. The van der Waals surface area contributed by atoms with Crippen molar-refractivity contribution in [3.05, 3.63) is 59.7 Å². The normalized spacial score (nSPS) is 14.6. The molecular weight excluding hydrogens is 316 g/mol. The van der Waals surface area contributed by atoms with Crippen molar-refractivity contribution < 1.29 is 9.63 Å². The van der Waals surface area contributed by atoms with Gasteiger partial charge in [-0.3, -0.25) is 4.79 Å². The van der Waals surface area contributed by atoms with E-state index in [1.165, 1.54) is 11.3 Å². The number of carbonyl (C=O) groups is 1. The predicted octanol–water partition coefficient (Wildman–Crippen LogP) is 2.69. The zero-order chi connectivity index (χ0) is 17.1. The van der Waals surface area contributed by atoms with Crippen LogP contribution in [0.1, 0.15) is 35.2 Å². The fourth-order valence-corrected chi connectivity index (χ4v) is 3.15. The summed E-state index contributed by atoms with van der Waals surface area (Å²) in [5, 5.41) is 8.08. The van der Waals surface area contributed by atoms with Gasteiger partial charge in [-0.05, 0) is 54.3 Å². The minimum absolute atomic E-state index is 0.104. The van der Waals surface area contributed by atoms with E-state index in [-0.39, 0.29) is 5.91 Å². The minimum atomic E-state index is 0.104. The first-order valence-corrected chi connectivity index (χ1v) is 8.63. The van der Waals surface area contributed by atoms with Gasteiger partial charge in [-0.25, -0.2) is 0 Å². The van der Waals surface area contributed by atoms with Crippen LogP contribution in [0.25, 0.3) is 11.0 Å². The van der Waals surface area contributed by atoms with Gasteiger partial charge in [-0.1, -0.05) is 29.1 Å². The third-order valence-corrected chi connectivity index (χ3v) is 4.49. The summed E-state index contributed by atoms with van der Waals surface area (Å²) in [6.45, 7) is 2.03. The highest BCUT2D eigenvalue weighted by molar-refractivity contribution is 5.94. The van der Waals surface area contributed by atoms with Crippen LogP contribution in [0.4, 0.5) is 0 Å². The Hall–Kier alpha value is -2.89. The Labute approximate surface area is 146 Å². The molecular formula is C19H20N4O2. The number of carbonyl (C=O) groups excluding carboxylic acids is 1. The van der Waals surface area contributed by atoms with E-state index in [1.54, 1.807) is 0 Å². The Morgan fingerprint density at radius 3 is 2.76 bits per heavy atom. The maximum atomic E-state index is 12.6. The first-order valence-electron chi connectivity index (χ1n) is 8.63. The van der Waals surface area contributed by atoms with Crippen molar-refractivity contribution >= 4 is 16.9 Å². The monoisotopic (exact) mass is 336 g/mol. The molecule has 4 rings (SSSR count). The predicted molar refractivity (Wildman–Crippen MR) is 94.0 cm³/mol. The average Bonchev–Trinajstić information content (AvgIpc) is 3.10. The maximum Gasteiger partial charge on any atom is 0.253 e. The number of likely N-dealkylation sites (tertiary alicyclic amines) is 1. The second kappa shape index (κ2) is 6.93. The zero-order valence-corrected chi connectivity index (χ0v) is 14.0. The fourth-order valence-electron chi connectivity index (χ4n) is 3.15. The molecule has 6 heteroatoms. The van der Waals surface area contributed by atoms with Crippen LogP contribution in [-0.2, 0) is 6.61 Å². The fraction of sp³-hybridized carbons (Fsp3) is 0.316. The SMILES string of the molecule is O=C(c1cccc(COn2nnc3ccccc32)c1)N1CCCCC1. The van der Waals surface area contributed by atoms with Crippen LogP contribution in [0.15, 0.2) is 48.5 Å². The summed E-state index contributed by atoms with van der Waals surface area (Å²) in [5.41, 5.74) is 3.26. The number of fused-ring (bicyclic) bond motifs is 1. The summed E-state index contributed by atoms with van der Waals surface area (Å²) in [5.74, 6) is 0.104. The lowest BCUT2D eigenvalue weighted by molar-refractivity contribution is 0.0717. The molecule has 25 heavy (non-hydrogen) atoms. The Morgan fingerprint density at radius 1 is 1.04 bits per heavy atom. The van der Waals surface area contributed by atoms with Crippen molar-refractivity contribution in [3.8, 4) is 0 Å². The number of amides is 1. The van der Waals surface area contributed by atoms with E-state index in [4.69, 9.17) is 4.84 Å². The van der Waals surface area contributed by atoms with Gasteiger partial charge in [0.25, 0.3) is 5.91 Å². The van der Waals surface area contributed by atoms with Gasteiger partial charge in [0.2, 0.25) is 0 Å². The van der Waals surface area contributed by atoms with Crippen molar-refractivity contribution in [2.75, 3.05) is 13.1 Å². The van der Waals surface area contributed by atoms with Gasteiger partial charge < -0.3 is 9.74 Å². The molecule has 1 aromatic heterocycles. The number of nitrogens with zero attached hydrogens (tertiary/aromatic N) is 4. The molecule has 3 aromatic rings. The van der Waals surface area contributed by atoms with Gasteiger partial charge in [0.05, 0.1) is 0 Å². The van der Waals surface area contributed by atoms with Gasteiger partial charge in [0.15, 0.2) is 0 Å². The van der Waals surface area contributed by atoms with Gasteiger partial charge in [0.1, 0.15) is 17.6 Å². The summed E-state index contributed by atoms with van der Waals surface area (Å²) in [6.07, 6.45) is 3.39. The standard InChI is InChI=1S/C19H20N4O2/c24-19(22-11-4-1-5-12-22)16-8-6-7-15(13-16)14-25-23-18-10-3-2-9-17(18)20-21-23/h2-3,6-10,13H,1,4-5,11-12,14H2. The number of rotatable bonds is 4. The molecule has 0 bridgehead atoms. The second-order valence-electron chi connectivity index (χ2n) is 6.28. The van der Waals surface area contributed by atoms with E-state index in [0.717, 1.165) is 42.5 Å². The molecule has 1 fully saturated rings. The summed E-state index contributed by atoms with van der Waals surface area (Å²) >= 11 is 0. The largest absolute Gasteiger partial charge is 0.390 e. The molecule has 0 atom stereocenters. The minimum Gasteiger partial charge on any atom is -0.390 e. The van der Waals surface area contributed by atoms with E-state index < -0.39 is 0 Å². The maximum absolute atomic E-state index is 12.6. The lowest BCUT2D eigenvalue weighted by Gasteiger charge is -2.26. The molecule has 2 heterocycles. The van der Waals surface area contributed by atoms with Gasteiger partial charge in [0, 0.05) is 18.7 Å². The highest BCUT2D eigenvalue weighted by atomic mass is 16.7. The van der Waals surface area contributed by atoms with Crippen LogP contribution in [0.2, 0.25) is 0 Å². The van der Waals surface area contributed by atoms with Crippen LogP contribution < -0.4 is 4.84 Å². The van der Waals surface area contributed by atoms with E-state index in [9.17, 15) is 4.79 Å². The molecule has 0 saturated carbocycles. The highest BCUT2D eigenvalue weighted by Crippen LogP contribution is 2.15. The molecule has 1 aliphatic rings. The number of aromatic nitrogens is 3. The number of hydrogen-bond acceptors (Lipinski definition) is 4. The first kappa shape index (κ1) is 15.6. The number of para-hydroxylation sites is 1. The second-order valence-corrected chi connectivity index (χ2v) is 6.28. The van der Waals surface area contributed by atoms with E-state index in [0.29, 0.717) is 12.2 Å². The Morgan fingerprint density at radius 2 is 1.88 bits per heavy atom. The molecule has 128 valence electrons. The third-order valence-electron chi connectivity index (χ3n) is 4.49. The Balaban J connectivity index is 1.47. The van der Waals surface area contributed by atoms with Crippen LogP contribution in [0.5, 0.6) is 0 Å². The smallest absolute Gasteiger partial charge is 0.253 e. The molecule has 0 unspecified atom stereocenters. The number of hydrogen-bond donors (Lipinski definition) is 0. The lowest BCUT2D eigenvalue weighted by Crippen LogP contribution is -2.35. The van der Waals surface area contributed by atoms with E-state index >= 15 is 0 Å². The Kier molecular flexibility index (Phi) is 4.33. The number of piperidine rings is 1. The number of benzene rings is 2. The van der Waals surface area contributed by atoms with Crippen molar-refractivity contribution in [3.63, 3.8) is 0 Å². The summed E-state index contributed by atoms with van der Waals surface area (Å²) < 4.78 is 0. The molecule has 2 aromatic carbocycles. The van der Waals surface area contributed by atoms with E-state index in [2.05, 4.69) is 10.3 Å². The van der Waals surface area contributed by atoms with Crippen LogP contribution in [-0.4, -0.2) is 39.1 Å². The summed E-state index contributed by atoms with van der Waals surface area (Å²) in [7, 11) is 0. The molecule has 0 aliphatic carbocycles. The Bertz CT molecular complexity index is 884. The van der Waals surface area contributed by atoms with Crippen molar-refractivity contribution in [1.29, 1.82) is 0 Å². The molecule has 1 saturated heterocycles. The topological polar surface area (TPSA) is 60.3 Å². The zero-order valence-electron chi connectivity index (χ0n) is 14.0. The molecule has 1 amide bonds. The average molecular weight is 336 g/mol. The quantitative estimate of drug-likeness (QED) is 0.735. The van der Waals surface area contributed by atoms with Gasteiger partial charge in [-0.2, -0.15) is 0 Å². The molecule has 0 N–H and O–H groups in total. The van der Waals surface area contributed by atoms with Gasteiger partial charge in [-0.15, -0.1) is 5.10 Å². The van der Waals surface area contributed by atoms with E-state index in [1.807, 2.05) is 53.4 Å². The highest BCUT2D eigenvalue weighted by Gasteiger charge is 2.18. The van der Waals surface area contributed by atoms with Crippen molar-refractivity contribution in [2.45, 2.75) is 25.9 Å². The summed E-state index contributed by atoms with van der Waals surface area (Å²) in [6, 6.07) is 15.2.